The predicted molar refractivity (Wildman–Crippen MR) is 132 cm³/mol. The molecule has 0 aliphatic carbocycles. The summed E-state index contributed by atoms with van der Waals surface area (Å²) in [4.78, 5) is 9.14. The summed E-state index contributed by atoms with van der Waals surface area (Å²) in [7, 11) is 0. The molecule has 1 atom stereocenters. The summed E-state index contributed by atoms with van der Waals surface area (Å²) in [5.41, 5.74) is 2.21. The summed E-state index contributed by atoms with van der Waals surface area (Å²) in [6.45, 7) is 12.7. The van der Waals surface area contributed by atoms with Gasteiger partial charge in [0.25, 0.3) is 0 Å². The smallest absolute Gasteiger partial charge is 0.228 e. The molecule has 3 rings (SSSR count). The van der Waals surface area contributed by atoms with E-state index in [0.717, 1.165) is 41.8 Å². The van der Waals surface area contributed by atoms with E-state index < -0.39 is 0 Å². The largest absolute Gasteiger partial charge is 0.494 e. The van der Waals surface area contributed by atoms with Gasteiger partial charge in [-0.25, -0.2) is 4.99 Å². The normalized spacial score (nSPS) is 15.3. The Morgan fingerprint density at radius 3 is 2.77 bits per heavy atom. The van der Waals surface area contributed by atoms with Crippen molar-refractivity contribution < 1.29 is 14.0 Å². The van der Waals surface area contributed by atoms with Gasteiger partial charge in [0.05, 0.1) is 13.2 Å². The number of aliphatic imine (C=N–C) groups is 1. The Labute approximate surface area is 201 Å². The van der Waals surface area contributed by atoms with Crippen LogP contribution in [0.2, 0.25) is 0 Å². The van der Waals surface area contributed by atoms with Crippen LogP contribution in [0.25, 0.3) is 0 Å². The van der Waals surface area contributed by atoms with Gasteiger partial charge in [-0.1, -0.05) is 19.0 Å². The van der Waals surface area contributed by atoms with Gasteiger partial charge in [0.15, 0.2) is 11.8 Å². The van der Waals surface area contributed by atoms with Crippen LogP contribution in [-0.4, -0.2) is 41.9 Å². The zero-order valence-electron chi connectivity index (χ0n) is 19.0. The topological polar surface area (TPSA) is 93.8 Å². The third kappa shape index (κ3) is 6.98. The Morgan fingerprint density at radius 2 is 2.10 bits per heavy atom. The molecule has 1 unspecified atom stereocenters. The molecule has 1 aromatic carbocycles. The maximum atomic E-state index is 5.91. The Hall–Kier alpha value is -2.04. The Kier molecular flexibility index (Phi) is 9.86. The number of aromatic nitrogens is 2. The van der Waals surface area contributed by atoms with Crippen molar-refractivity contribution in [3.63, 3.8) is 0 Å². The molecule has 8 nitrogen and oxygen atoms in total. The molecule has 0 saturated heterocycles. The van der Waals surface area contributed by atoms with Crippen LogP contribution in [0.1, 0.15) is 63.4 Å². The highest BCUT2D eigenvalue weighted by Crippen LogP contribution is 2.35. The van der Waals surface area contributed by atoms with Crippen molar-refractivity contribution in [3.8, 4) is 11.5 Å². The van der Waals surface area contributed by atoms with Gasteiger partial charge >= 0.3 is 0 Å². The number of benzene rings is 1. The third-order valence-electron chi connectivity index (χ3n) is 4.76. The van der Waals surface area contributed by atoms with Crippen LogP contribution in [0.15, 0.2) is 21.6 Å². The van der Waals surface area contributed by atoms with E-state index >= 15 is 0 Å². The van der Waals surface area contributed by atoms with Crippen LogP contribution in [0.5, 0.6) is 11.5 Å². The highest BCUT2D eigenvalue weighted by atomic mass is 127. The number of halogens is 1. The van der Waals surface area contributed by atoms with Crippen molar-refractivity contribution in [2.75, 3.05) is 19.7 Å². The minimum absolute atomic E-state index is 0. The first-order valence-corrected chi connectivity index (χ1v) is 10.8. The van der Waals surface area contributed by atoms with Crippen molar-refractivity contribution in [2.24, 2.45) is 4.99 Å². The molecule has 0 bridgehead atoms. The lowest BCUT2D eigenvalue weighted by Crippen LogP contribution is -2.38. The van der Waals surface area contributed by atoms with Crippen LogP contribution in [0.3, 0.4) is 0 Å². The quantitative estimate of drug-likeness (QED) is 0.282. The molecule has 2 aromatic rings. The molecule has 1 aromatic heterocycles. The van der Waals surface area contributed by atoms with E-state index in [2.05, 4.69) is 39.8 Å². The average molecular weight is 543 g/mol. The monoisotopic (exact) mass is 543 g/mol. The first-order valence-electron chi connectivity index (χ1n) is 10.8. The number of guanidine groups is 1. The molecule has 1 aliphatic heterocycles. The standard InChI is InChI=1S/C22H33N5O3.HI/c1-6-23-22(24-9-8-20-26-21(14(3)4)27-30-20)25-13-17-12-19-16(10-15(5)29-19)11-18(17)28-7-2;/h11-12,14-15H,6-10,13H2,1-5H3,(H2,23,24,25);1H. The second-order valence-corrected chi connectivity index (χ2v) is 7.71. The summed E-state index contributed by atoms with van der Waals surface area (Å²) in [6.07, 6.45) is 1.75. The lowest BCUT2D eigenvalue weighted by Gasteiger charge is -2.13. The van der Waals surface area contributed by atoms with Crippen LogP contribution >= 0.6 is 24.0 Å². The number of hydrogen-bond donors (Lipinski definition) is 2. The number of rotatable bonds is 9. The van der Waals surface area contributed by atoms with Crippen molar-refractivity contribution >= 4 is 29.9 Å². The lowest BCUT2D eigenvalue weighted by atomic mass is 10.1. The number of nitrogens with one attached hydrogen (secondary N) is 2. The van der Waals surface area contributed by atoms with Crippen molar-refractivity contribution in [1.82, 2.24) is 20.8 Å². The second-order valence-electron chi connectivity index (χ2n) is 7.71. The summed E-state index contributed by atoms with van der Waals surface area (Å²) in [5, 5.41) is 10.6. The van der Waals surface area contributed by atoms with Gasteiger partial charge in [-0.05, 0) is 32.9 Å². The molecule has 2 N–H and O–H groups in total. The highest BCUT2D eigenvalue weighted by molar-refractivity contribution is 14.0. The summed E-state index contributed by atoms with van der Waals surface area (Å²) in [6, 6.07) is 4.15. The Bertz CT molecular complexity index is 869. The fourth-order valence-electron chi connectivity index (χ4n) is 3.29. The highest BCUT2D eigenvalue weighted by Gasteiger charge is 2.21. The van der Waals surface area contributed by atoms with Crippen LogP contribution in [0.4, 0.5) is 0 Å². The first-order chi connectivity index (χ1) is 14.5. The van der Waals surface area contributed by atoms with Crippen LogP contribution < -0.4 is 20.1 Å². The average Bonchev–Trinajstić information content (AvgIpc) is 3.31. The van der Waals surface area contributed by atoms with E-state index in [4.69, 9.17) is 19.0 Å². The van der Waals surface area contributed by atoms with E-state index in [1.165, 1.54) is 5.56 Å². The van der Waals surface area contributed by atoms with Gasteiger partial charge in [0.2, 0.25) is 5.89 Å². The lowest BCUT2D eigenvalue weighted by molar-refractivity contribution is 0.254. The zero-order chi connectivity index (χ0) is 21.5. The minimum atomic E-state index is 0. The zero-order valence-corrected chi connectivity index (χ0v) is 21.4. The Morgan fingerprint density at radius 1 is 1.29 bits per heavy atom. The molecule has 2 heterocycles. The summed E-state index contributed by atoms with van der Waals surface area (Å²) < 4.78 is 17.1. The first kappa shape index (κ1) is 25.2. The van der Waals surface area contributed by atoms with E-state index in [1.807, 2.05) is 27.7 Å². The number of fused-ring (bicyclic) bond motifs is 1. The van der Waals surface area contributed by atoms with Crippen molar-refractivity contribution in [1.29, 1.82) is 0 Å². The number of ether oxygens (including phenoxy) is 2. The maximum Gasteiger partial charge on any atom is 0.228 e. The van der Waals surface area contributed by atoms with Gasteiger partial charge in [-0.2, -0.15) is 4.98 Å². The SMILES string of the molecule is CCNC(=NCc1cc2c(cc1OCC)CC(C)O2)NCCc1nc(C(C)C)no1.I. The second kappa shape index (κ2) is 12.1. The molecule has 0 amide bonds. The number of hydrogen-bond acceptors (Lipinski definition) is 6. The molecule has 9 heteroatoms. The molecule has 0 radical (unpaired) electrons. The van der Waals surface area contributed by atoms with Gasteiger partial charge in [0.1, 0.15) is 17.6 Å². The minimum Gasteiger partial charge on any atom is -0.494 e. The Balaban J connectivity index is 0.00000341. The molecule has 0 saturated carbocycles. The third-order valence-corrected chi connectivity index (χ3v) is 4.76. The fraction of sp³-hybridized carbons (Fsp3) is 0.591. The summed E-state index contributed by atoms with van der Waals surface area (Å²) in [5.74, 6) is 4.17. The molecular formula is C22H34IN5O3. The van der Waals surface area contributed by atoms with Crippen LogP contribution in [-0.2, 0) is 19.4 Å². The molecule has 172 valence electrons. The van der Waals surface area contributed by atoms with Crippen molar-refractivity contribution in [2.45, 2.75) is 66.0 Å². The molecule has 0 fully saturated rings. The number of nitrogens with zero attached hydrogens (tertiary/aromatic N) is 3. The summed E-state index contributed by atoms with van der Waals surface area (Å²) >= 11 is 0. The van der Waals surface area contributed by atoms with Crippen molar-refractivity contribution in [3.05, 3.63) is 35.0 Å². The van der Waals surface area contributed by atoms with E-state index in [-0.39, 0.29) is 36.0 Å². The maximum absolute atomic E-state index is 5.91. The molecule has 1 aliphatic rings. The van der Waals surface area contributed by atoms with Gasteiger partial charge in [-0.3, -0.25) is 0 Å². The van der Waals surface area contributed by atoms with Gasteiger partial charge in [-0.15, -0.1) is 24.0 Å². The predicted octanol–water partition coefficient (Wildman–Crippen LogP) is 3.83. The van der Waals surface area contributed by atoms with Gasteiger partial charge in [0, 0.05) is 43.0 Å². The fourth-order valence-corrected chi connectivity index (χ4v) is 3.29. The van der Waals surface area contributed by atoms with E-state index in [1.54, 1.807) is 0 Å². The van der Waals surface area contributed by atoms with Crippen LogP contribution in [0, 0.1) is 0 Å². The van der Waals surface area contributed by atoms with E-state index in [9.17, 15) is 0 Å². The molecule has 31 heavy (non-hydrogen) atoms. The van der Waals surface area contributed by atoms with E-state index in [0.29, 0.717) is 32.0 Å². The molecule has 0 spiro atoms. The molecular weight excluding hydrogens is 509 g/mol. The van der Waals surface area contributed by atoms with Gasteiger partial charge < -0.3 is 24.6 Å².